The zero-order valence-corrected chi connectivity index (χ0v) is 19.7. The number of carbonyl (C=O) groups excluding carboxylic acids is 1. The third kappa shape index (κ3) is 48.7. The zero-order valence-electron chi connectivity index (χ0n) is 19.7. The molecule has 0 heterocycles. The fourth-order valence-electron chi connectivity index (χ4n) is 1.68. The normalized spacial score (nSPS) is 9.29. The number of carboxylic acids is 6. The van der Waals surface area contributed by atoms with Gasteiger partial charge in [0.05, 0.1) is 32.7 Å². The molecule has 0 aliphatic heterocycles. The van der Waals surface area contributed by atoms with Crippen molar-refractivity contribution in [2.75, 3.05) is 53.9 Å². The van der Waals surface area contributed by atoms with Gasteiger partial charge in [-0.05, 0) is 27.6 Å². The van der Waals surface area contributed by atoms with Crippen LogP contribution in [-0.4, -0.2) is 136 Å². The zero-order chi connectivity index (χ0) is 28.6. The molecule has 35 heavy (non-hydrogen) atoms. The van der Waals surface area contributed by atoms with Crippen LogP contribution in [0, 0.1) is 0 Å². The first-order valence-corrected chi connectivity index (χ1v) is 9.56. The average molecular weight is 514 g/mol. The lowest BCUT2D eigenvalue weighted by molar-refractivity contribution is -0.144. The molecule has 0 spiro atoms. The van der Waals surface area contributed by atoms with Crippen molar-refractivity contribution in [2.24, 2.45) is 5.73 Å². The lowest BCUT2D eigenvalue weighted by Crippen LogP contribution is -2.40. The van der Waals surface area contributed by atoms with Crippen LogP contribution in [0.2, 0.25) is 0 Å². The van der Waals surface area contributed by atoms with Gasteiger partial charge in [-0.1, -0.05) is 0 Å². The minimum Gasteiger partial charge on any atom is -0.481 e. The van der Waals surface area contributed by atoms with Crippen LogP contribution in [0.4, 0.5) is 0 Å². The van der Waals surface area contributed by atoms with E-state index in [1.807, 2.05) is 14.1 Å². The molecule has 0 aromatic heterocycles. The van der Waals surface area contributed by atoms with Crippen LogP contribution in [0.5, 0.6) is 0 Å². The first-order valence-electron chi connectivity index (χ1n) is 9.56. The lowest BCUT2D eigenvalue weighted by Gasteiger charge is -2.14. The third-order valence-corrected chi connectivity index (χ3v) is 2.69. The van der Waals surface area contributed by atoms with Gasteiger partial charge in [0, 0.05) is 12.8 Å². The Hall–Kier alpha value is -3.83. The van der Waals surface area contributed by atoms with Gasteiger partial charge < -0.3 is 41.7 Å². The standard InChI is InChI=1S/C6H10N2O5.C5H9NO4.C5H8O4.C2H7N/c7-4(9)1-8(2-5(10)11)3-6(12)13;1-6(2-4(7)8)3-5(9)10;6-4(7)2-1-3-5(8)9;1-3-2/h1-3H2,(H2,7,9)(H,10,11)(H,12,13);2-3H2,1H3,(H,7,8)(H,9,10);1-3H2,(H,6,7)(H,8,9);3H,1-2H3. The molecular weight excluding hydrogens is 480 g/mol. The minimum absolute atomic E-state index is 0.0632. The fraction of sp³-hybridized carbons (Fsp3) is 0.611. The molecule has 0 bridgehead atoms. The molecule has 0 saturated carbocycles. The number of nitrogens with one attached hydrogen (secondary N) is 1. The molecule has 0 aromatic rings. The molecule has 0 radical (unpaired) electrons. The summed E-state index contributed by atoms with van der Waals surface area (Å²) in [5.41, 5.74) is 4.78. The maximum absolute atomic E-state index is 10.4. The number of nitrogens with zero attached hydrogens (tertiary/aromatic N) is 2. The van der Waals surface area contributed by atoms with Gasteiger partial charge in [-0.3, -0.25) is 43.4 Å². The number of carbonyl (C=O) groups is 7. The third-order valence-electron chi connectivity index (χ3n) is 2.69. The Kier molecular flexibility index (Phi) is 27.2. The van der Waals surface area contributed by atoms with Crippen molar-refractivity contribution in [3.8, 4) is 0 Å². The van der Waals surface area contributed by atoms with Gasteiger partial charge in [0.1, 0.15) is 0 Å². The van der Waals surface area contributed by atoms with Gasteiger partial charge in [0.2, 0.25) is 5.91 Å². The highest BCUT2D eigenvalue weighted by molar-refractivity contribution is 5.79. The summed E-state index contributed by atoms with van der Waals surface area (Å²) in [6.45, 7) is -1.90. The van der Waals surface area contributed by atoms with E-state index in [4.69, 9.17) is 36.4 Å². The van der Waals surface area contributed by atoms with E-state index in [1.165, 1.54) is 11.9 Å². The number of aliphatic carboxylic acids is 6. The van der Waals surface area contributed by atoms with Crippen LogP contribution in [0.15, 0.2) is 0 Å². The number of primary amides is 1. The van der Waals surface area contributed by atoms with Crippen molar-refractivity contribution in [1.82, 2.24) is 15.1 Å². The summed E-state index contributed by atoms with van der Waals surface area (Å²) in [6.07, 6.45) is 0.0866. The van der Waals surface area contributed by atoms with Gasteiger partial charge in [-0.2, -0.15) is 0 Å². The highest BCUT2D eigenvalue weighted by atomic mass is 16.4. The molecule has 0 aromatic carbocycles. The smallest absolute Gasteiger partial charge is 0.317 e. The van der Waals surface area contributed by atoms with E-state index in [2.05, 4.69) is 5.32 Å². The lowest BCUT2D eigenvalue weighted by atomic mass is 10.2. The van der Waals surface area contributed by atoms with Crippen LogP contribution in [0.3, 0.4) is 0 Å². The van der Waals surface area contributed by atoms with E-state index in [0.29, 0.717) is 0 Å². The quantitative estimate of drug-likeness (QED) is 0.116. The first-order chi connectivity index (χ1) is 16.0. The number of amides is 1. The second-order valence-corrected chi connectivity index (χ2v) is 6.50. The van der Waals surface area contributed by atoms with Gasteiger partial charge in [0.15, 0.2) is 0 Å². The predicted molar refractivity (Wildman–Crippen MR) is 118 cm³/mol. The summed E-state index contributed by atoms with van der Waals surface area (Å²) < 4.78 is 0. The molecule has 0 atom stereocenters. The van der Waals surface area contributed by atoms with Crippen molar-refractivity contribution in [3.05, 3.63) is 0 Å². The number of hydrogen-bond acceptors (Lipinski definition) is 10. The number of likely N-dealkylation sites (N-methyl/N-ethyl adjacent to an activating group) is 1. The predicted octanol–water partition coefficient (Wildman–Crippen LogP) is -2.81. The summed E-state index contributed by atoms with van der Waals surface area (Å²) in [5, 5.41) is 51.8. The van der Waals surface area contributed by atoms with Crippen molar-refractivity contribution in [3.63, 3.8) is 0 Å². The summed E-state index contributed by atoms with van der Waals surface area (Å²) in [6, 6.07) is 0. The van der Waals surface area contributed by atoms with E-state index < -0.39 is 54.8 Å². The van der Waals surface area contributed by atoms with Gasteiger partial charge >= 0.3 is 35.8 Å². The number of rotatable bonds is 14. The Balaban J connectivity index is -0.000000198. The van der Waals surface area contributed by atoms with Crippen molar-refractivity contribution >= 4 is 41.7 Å². The Morgan fingerprint density at radius 1 is 0.600 bits per heavy atom. The summed E-state index contributed by atoms with van der Waals surface area (Å²) in [5.74, 6) is -7.12. The molecule has 0 aliphatic carbocycles. The monoisotopic (exact) mass is 514 g/mol. The Morgan fingerprint density at radius 2 is 0.886 bits per heavy atom. The average Bonchev–Trinajstić information content (AvgIpc) is 2.59. The summed E-state index contributed by atoms with van der Waals surface area (Å²) in [7, 11) is 5.18. The van der Waals surface area contributed by atoms with Gasteiger partial charge in [0.25, 0.3) is 0 Å². The Bertz CT molecular complexity index is 617. The van der Waals surface area contributed by atoms with Crippen LogP contribution in [0.25, 0.3) is 0 Å². The summed E-state index contributed by atoms with van der Waals surface area (Å²) in [4.78, 5) is 72.4. The molecule has 1 amide bonds. The molecule has 9 N–H and O–H groups in total. The second kappa shape index (κ2) is 24.8. The van der Waals surface area contributed by atoms with E-state index in [9.17, 15) is 33.6 Å². The van der Waals surface area contributed by atoms with Gasteiger partial charge in [-0.15, -0.1) is 0 Å². The van der Waals surface area contributed by atoms with E-state index in [1.54, 1.807) is 0 Å². The van der Waals surface area contributed by atoms with Crippen molar-refractivity contribution in [1.29, 1.82) is 0 Å². The van der Waals surface area contributed by atoms with Crippen molar-refractivity contribution in [2.45, 2.75) is 19.3 Å². The molecule has 204 valence electrons. The molecule has 0 aliphatic rings. The number of hydrogen-bond donors (Lipinski definition) is 8. The highest BCUT2D eigenvalue weighted by Crippen LogP contribution is 1.93. The van der Waals surface area contributed by atoms with Gasteiger partial charge in [-0.25, -0.2) is 0 Å². The van der Waals surface area contributed by atoms with Crippen LogP contribution < -0.4 is 11.1 Å². The van der Waals surface area contributed by atoms with E-state index in [-0.39, 0.29) is 38.9 Å². The SMILES string of the molecule is CN(CC(=O)O)CC(=O)O.CNC.NC(=O)CN(CC(=O)O)CC(=O)O.O=C(O)CCCC(=O)O. The van der Waals surface area contributed by atoms with Crippen LogP contribution in [-0.2, 0) is 33.6 Å². The molecule has 17 heteroatoms. The molecule has 17 nitrogen and oxygen atoms in total. The topological polar surface area (TPSA) is 285 Å². The largest absolute Gasteiger partial charge is 0.481 e. The first kappa shape index (κ1) is 38.4. The molecular formula is C18H34N4O13. The van der Waals surface area contributed by atoms with Crippen LogP contribution in [0.1, 0.15) is 19.3 Å². The van der Waals surface area contributed by atoms with E-state index in [0.717, 1.165) is 4.90 Å². The Morgan fingerprint density at radius 3 is 1.09 bits per heavy atom. The maximum atomic E-state index is 10.4. The molecule has 0 fully saturated rings. The fourth-order valence-corrected chi connectivity index (χ4v) is 1.68. The summed E-state index contributed by atoms with van der Waals surface area (Å²) >= 11 is 0. The minimum atomic E-state index is -1.21. The highest BCUT2D eigenvalue weighted by Gasteiger charge is 2.14. The number of nitrogens with two attached hydrogens (primary N) is 1. The molecule has 0 saturated heterocycles. The van der Waals surface area contributed by atoms with Crippen LogP contribution >= 0.6 is 0 Å². The second-order valence-electron chi connectivity index (χ2n) is 6.50. The molecule has 0 unspecified atom stereocenters. The molecule has 0 rings (SSSR count). The van der Waals surface area contributed by atoms with Crippen molar-refractivity contribution < 1.29 is 64.2 Å². The Labute approximate surface area is 200 Å². The van der Waals surface area contributed by atoms with E-state index >= 15 is 0 Å². The number of carboxylic acid groups (broad SMARTS) is 6. The maximum Gasteiger partial charge on any atom is 0.317 e.